The van der Waals surface area contributed by atoms with Crippen LogP contribution in [0.5, 0.6) is 0 Å². The number of nitrogens with one attached hydrogen (secondary N) is 1. The van der Waals surface area contributed by atoms with Gasteiger partial charge in [0.25, 0.3) is 0 Å². The van der Waals surface area contributed by atoms with Crippen LogP contribution < -0.4 is 16.0 Å². The molecule has 1 aliphatic heterocycles. The summed E-state index contributed by atoms with van der Waals surface area (Å²) in [7, 11) is 1.88. The topological polar surface area (TPSA) is 87.3 Å². The highest BCUT2D eigenvalue weighted by atomic mass is 16.3. The van der Waals surface area contributed by atoms with E-state index in [0.29, 0.717) is 12.5 Å². The van der Waals surface area contributed by atoms with Crippen LogP contribution in [0.4, 0.5) is 5.82 Å². The number of aliphatic hydroxyl groups is 1. The van der Waals surface area contributed by atoms with Crippen LogP contribution in [0, 0.1) is 0 Å². The molecule has 1 aromatic heterocycles. The van der Waals surface area contributed by atoms with E-state index in [0.717, 1.165) is 30.9 Å². The number of aromatic nitrogens is 2. The SMILES string of the molecule is CNC1CN(c2cc(C3CCCC3N)ncn2)CC1O. The molecule has 6 nitrogen and oxygen atoms in total. The van der Waals surface area contributed by atoms with Gasteiger partial charge in [0.05, 0.1) is 17.8 Å². The molecule has 20 heavy (non-hydrogen) atoms. The van der Waals surface area contributed by atoms with E-state index in [1.54, 1.807) is 6.33 Å². The number of aliphatic hydroxyl groups excluding tert-OH is 1. The highest BCUT2D eigenvalue weighted by molar-refractivity contribution is 5.42. The van der Waals surface area contributed by atoms with Gasteiger partial charge in [-0.2, -0.15) is 0 Å². The van der Waals surface area contributed by atoms with Gasteiger partial charge in [-0.3, -0.25) is 0 Å². The second-order valence-corrected chi connectivity index (χ2v) is 5.87. The zero-order valence-corrected chi connectivity index (χ0v) is 11.9. The number of β-amino-alcohol motifs (C(OH)–C–C–N with tert-alkyl or cyclic N) is 1. The van der Waals surface area contributed by atoms with Crippen LogP contribution in [0.25, 0.3) is 0 Å². The Balaban J connectivity index is 1.78. The van der Waals surface area contributed by atoms with E-state index in [2.05, 4.69) is 20.2 Å². The van der Waals surface area contributed by atoms with E-state index in [9.17, 15) is 5.11 Å². The van der Waals surface area contributed by atoms with E-state index in [1.807, 2.05) is 13.1 Å². The van der Waals surface area contributed by atoms with Crippen LogP contribution in [0.1, 0.15) is 30.9 Å². The first kappa shape index (κ1) is 13.7. The number of nitrogens with zero attached hydrogens (tertiary/aromatic N) is 3. The molecule has 0 amide bonds. The number of rotatable bonds is 3. The number of hydrogen-bond acceptors (Lipinski definition) is 6. The smallest absolute Gasteiger partial charge is 0.132 e. The first-order valence-electron chi connectivity index (χ1n) is 7.37. The summed E-state index contributed by atoms with van der Waals surface area (Å²) in [4.78, 5) is 10.9. The second-order valence-electron chi connectivity index (χ2n) is 5.87. The summed E-state index contributed by atoms with van der Waals surface area (Å²) in [5.41, 5.74) is 7.20. The molecular formula is C14H23N5O. The van der Waals surface area contributed by atoms with Crippen molar-refractivity contribution in [3.05, 3.63) is 18.1 Å². The van der Waals surface area contributed by atoms with Crippen LogP contribution in [0.3, 0.4) is 0 Å². The maximum atomic E-state index is 9.98. The summed E-state index contributed by atoms with van der Waals surface area (Å²) in [6, 6.07) is 2.36. The molecule has 4 atom stereocenters. The van der Waals surface area contributed by atoms with Gasteiger partial charge in [-0.1, -0.05) is 6.42 Å². The lowest BCUT2D eigenvalue weighted by molar-refractivity contribution is 0.168. The maximum Gasteiger partial charge on any atom is 0.132 e. The lowest BCUT2D eigenvalue weighted by atomic mass is 10.00. The standard InChI is InChI=1S/C14H23N5O/c1-16-12-6-19(7-13(12)20)14-5-11(17-8-18-14)9-3-2-4-10(9)15/h5,8-10,12-13,16,20H,2-4,6-7,15H2,1H3. The Morgan fingerprint density at radius 3 is 2.85 bits per heavy atom. The average Bonchev–Trinajstić information content (AvgIpc) is 3.05. The van der Waals surface area contributed by atoms with Gasteiger partial charge in [0.1, 0.15) is 12.1 Å². The van der Waals surface area contributed by atoms with Crippen molar-refractivity contribution in [1.82, 2.24) is 15.3 Å². The molecule has 1 aromatic rings. The van der Waals surface area contributed by atoms with E-state index in [-0.39, 0.29) is 18.2 Å². The fourth-order valence-corrected chi connectivity index (χ4v) is 3.35. The van der Waals surface area contributed by atoms with E-state index < -0.39 is 0 Å². The fourth-order valence-electron chi connectivity index (χ4n) is 3.35. The molecule has 0 spiro atoms. The predicted octanol–water partition coefficient (Wildman–Crippen LogP) is -0.160. The quantitative estimate of drug-likeness (QED) is 0.712. The molecular weight excluding hydrogens is 254 g/mol. The second kappa shape index (κ2) is 5.63. The number of anilines is 1. The molecule has 1 saturated carbocycles. The van der Waals surface area contributed by atoms with Crippen molar-refractivity contribution in [2.24, 2.45) is 5.73 Å². The minimum absolute atomic E-state index is 0.0992. The van der Waals surface area contributed by atoms with Gasteiger partial charge in [-0.25, -0.2) is 9.97 Å². The van der Waals surface area contributed by atoms with Gasteiger partial charge in [0.2, 0.25) is 0 Å². The van der Waals surface area contributed by atoms with Crippen molar-refractivity contribution in [2.45, 2.75) is 43.4 Å². The van der Waals surface area contributed by atoms with Crippen LogP contribution in [0.2, 0.25) is 0 Å². The Kier molecular flexibility index (Phi) is 3.87. The van der Waals surface area contributed by atoms with Gasteiger partial charge >= 0.3 is 0 Å². The lowest BCUT2D eigenvalue weighted by Gasteiger charge is -2.20. The monoisotopic (exact) mass is 277 g/mol. The van der Waals surface area contributed by atoms with E-state index in [1.165, 1.54) is 6.42 Å². The maximum absolute atomic E-state index is 9.98. The Hall–Kier alpha value is -1.24. The molecule has 4 unspecified atom stereocenters. The van der Waals surface area contributed by atoms with Crippen LogP contribution in [-0.2, 0) is 0 Å². The highest BCUT2D eigenvalue weighted by Crippen LogP contribution is 2.33. The van der Waals surface area contributed by atoms with Crippen molar-refractivity contribution in [1.29, 1.82) is 0 Å². The van der Waals surface area contributed by atoms with Crippen LogP contribution >= 0.6 is 0 Å². The van der Waals surface area contributed by atoms with E-state index >= 15 is 0 Å². The Labute approximate surface area is 119 Å². The third-order valence-electron chi connectivity index (χ3n) is 4.61. The predicted molar refractivity (Wildman–Crippen MR) is 77.7 cm³/mol. The number of likely N-dealkylation sites (N-methyl/N-ethyl adjacent to an activating group) is 1. The van der Waals surface area contributed by atoms with Gasteiger partial charge in [-0.15, -0.1) is 0 Å². The average molecular weight is 277 g/mol. The molecule has 0 bridgehead atoms. The minimum Gasteiger partial charge on any atom is -0.390 e. The van der Waals surface area contributed by atoms with Crippen LogP contribution in [0.15, 0.2) is 12.4 Å². The van der Waals surface area contributed by atoms with Crippen molar-refractivity contribution in [3.8, 4) is 0 Å². The van der Waals surface area contributed by atoms with Gasteiger partial charge in [-0.05, 0) is 19.9 Å². The molecule has 110 valence electrons. The molecule has 3 rings (SSSR count). The first-order valence-corrected chi connectivity index (χ1v) is 7.37. The van der Waals surface area contributed by atoms with Crippen LogP contribution in [-0.4, -0.2) is 53.4 Å². The van der Waals surface area contributed by atoms with Gasteiger partial charge in [0, 0.05) is 31.1 Å². The normalized spacial score (nSPS) is 33.9. The molecule has 2 heterocycles. The summed E-state index contributed by atoms with van der Waals surface area (Å²) >= 11 is 0. The van der Waals surface area contributed by atoms with Gasteiger partial charge in [0.15, 0.2) is 0 Å². The van der Waals surface area contributed by atoms with Crippen molar-refractivity contribution in [2.75, 3.05) is 25.0 Å². The van der Waals surface area contributed by atoms with E-state index in [4.69, 9.17) is 5.73 Å². The van der Waals surface area contributed by atoms with Crippen molar-refractivity contribution >= 4 is 5.82 Å². The van der Waals surface area contributed by atoms with Crippen molar-refractivity contribution in [3.63, 3.8) is 0 Å². The molecule has 4 N–H and O–H groups in total. The first-order chi connectivity index (χ1) is 9.69. The lowest BCUT2D eigenvalue weighted by Crippen LogP contribution is -2.36. The summed E-state index contributed by atoms with van der Waals surface area (Å²) in [6.07, 6.45) is 4.63. The Morgan fingerprint density at radius 2 is 2.20 bits per heavy atom. The Bertz CT molecular complexity index is 469. The summed E-state index contributed by atoms with van der Waals surface area (Å²) in [5.74, 6) is 1.25. The number of hydrogen-bond donors (Lipinski definition) is 3. The van der Waals surface area contributed by atoms with Crippen molar-refractivity contribution < 1.29 is 5.11 Å². The molecule has 0 radical (unpaired) electrons. The molecule has 1 aliphatic carbocycles. The third kappa shape index (κ3) is 2.51. The molecule has 0 aromatic carbocycles. The zero-order valence-electron chi connectivity index (χ0n) is 11.9. The molecule has 1 saturated heterocycles. The largest absolute Gasteiger partial charge is 0.390 e. The zero-order chi connectivity index (χ0) is 14.1. The Morgan fingerprint density at radius 1 is 1.35 bits per heavy atom. The number of nitrogens with two attached hydrogens (primary N) is 1. The molecule has 2 aliphatic rings. The molecule has 2 fully saturated rings. The molecule has 6 heteroatoms. The minimum atomic E-state index is -0.354. The summed E-state index contributed by atoms with van der Waals surface area (Å²) < 4.78 is 0. The summed E-state index contributed by atoms with van der Waals surface area (Å²) in [6.45, 7) is 1.38. The highest BCUT2D eigenvalue weighted by Gasteiger charge is 2.32. The van der Waals surface area contributed by atoms with Gasteiger partial charge < -0.3 is 21.1 Å². The third-order valence-corrected chi connectivity index (χ3v) is 4.61. The fraction of sp³-hybridized carbons (Fsp3) is 0.714. The summed E-state index contributed by atoms with van der Waals surface area (Å²) in [5, 5.41) is 13.1.